The molecule has 2 aromatic heterocycles. The predicted molar refractivity (Wildman–Crippen MR) is 73.7 cm³/mol. The van der Waals surface area contributed by atoms with Crippen molar-refractivity contribution >= 4 is 33.3 Å². The van der Waals surface area contributed by atoms with Crippen LogP contribution in [0.5, 0.6) is 0 Å². The van der Waals surface area contributed by atoms with Gasteiger partial charge < -0.3 is 15.2 Å². The molecule has 0 amide bonds. The van der Waals surface area contributed by atoms with E-state index in [1.807, 2.05) is 6.92 Å². The lowest BCUT2D eigenvalue weighted by Crippen LogP contribution is -2.08. The average Bonchev–Trinajstić information content (AvgIpc) is 2.75. The van der Waals surface area contributed by atoms with Crippen molar-refractivity contribution < 1.29 is 14.6 Å². The van der Waals surface area contributed by atoms with E-state index in [4.69, 9.17) is 9.84 Å². The molecule has 0 saturated heterocycles. The molecule has 2 N–H and O–H groups in total. The number of hydrogen-bond acceptors (Lipinski definition) is 7. The van der Waals surface area contributed by atoms with Gasteiger partial charge in [0.05, 0.1) is 18.6 Å². The van der Waals surface area contributed by atoms with Crippen molar-refractivity contribution in [3.05, 3.63) is 16.8 Å². The second-order valence-corrected chi connectivity index (χ2v) is 4.83. The number of aliphatic hydroxyl groups excluding tert-OH is 1. The van der Waals surface area contributed by atoms with Gasteiger partial charge in [0.2, 0.25) is 0 Å². The van der Waals surface area contributed by atoms with Crippen LogP contribution in [0.2, 0.25) is 0 Å². The highest BCUT2D eigenvalue weighted by molar-refractivity contribution is 7.20. The number of carbonyl (C=O) groups is 1. The smallest absolute Gasteiger partial charge is 0.348 e. The minimum Gasteiger partial charge on any atom is -0.462 e. The summed E-state index contributed by atoms with van der Waals surface area (Å²) < 4.78 is 5.02. The fourth-order valence-electron chi connectivity index (χ4n) is 1.77. The highest BCUT2D eigenvalue weighted by Crippen LogP contribution is 2.33. The summed E-state index contributed by atoms with van der Waals surface area (Å²) in [5.74, 6) is 0.291. The Morgan fingerprint density at radius 1 is 1.53 bits per heavy atom. The van der Waals surface area contributed by atoms with Gasteiger partial charge in [0.25, 0.3) is 0 Å². The molecule has 0 aliphatic rings. The van der Waals surface area contributed by atoms with Gasteiger partial charge in [0.1, 0.15) is 21.9 Å². The van der Waals surface area contributed by atoms with Gasteiger partial charge in [-0.05, 0) is 19.4 Å². The number of anilines is 1. The lowest BCUT2D eigenvalue weighted by molar-refractivity contribution is 0.0531. The molecule has 0 aliphatic heterocycles. The molecule has 0 bridgehead atoms. The summed E-state index contributed by atoms with van der Waals surface area (Å²) in [5.41, 5.74) is 0.805. The normalized spacial score (nSPS) is 10.7. The van der Waals surface area contributed by atoms with E-state index in [1.54, 1.807) is 6.92 Å². The number of aliphatic hydroxyl groups is 1. The zero-order chi connectivity index (χ0) is 13.8. The molecule has 2 heterocycles. The van der Waals surface area contributed by atoms with E-state index < -0.39 is 0 Å². The molecule has 19 heavy (non-hydrogen) atoms. The second kappa shape index (κ2) is 5.94. The third-order valence-electron chi connectivity index (χ3n) is 2.59. The molecule has 0 aromatic carbocycles. The van der Waals surface area contributed by atoms with Crippen molar-refractivity contribution in [3.8, 4) is 0 Å². The fourth-order valence-corrected chi connectivity index (χ4v) is 2.81. The molecule has 0 aliphatic carbocycles. The summed E-state index contributed by atoms with van der Waals surface area (Å²) in [6.07, 6.45) is 1.44. The Kier molecular flexibility index (Phi) is 4.28. The number of ether oxygens (including phenoxy) is 1. The van der Waals surface area contributed by atoms with Gasteiger partial charge >= 0.3 is 5.97 Å². The van der Waals surface area contributed by atoms with Crippen molar-refractivity contribution in [3.63, 3.8) is 0 Å². The van der Waals surface area contributed by atoms with Crippen LogP contribution in [0.3, 0.4) is 0 Å². The molecule has 6 nitrogen and oxygen atoms in total. The van der Waals surface area contributed by atoms with Crippen molar-refractivity contribution in [2.75, 3.05) is 25.1 Å². The first kappa shape index (κ1) is 13.7. The molecule has 2 rings (SSSR count). The zero-order valence-electron chi connectivity index (χ0n) is 10.8. The average molecular weight is 281 g/mol. The van der Waals surface area contributed by atoms with Crippen LogP contribution in [0.1, 0.15) is 22.2 Å². The van der Waals surface area contributed by atoms with Gasteiger partial charge in [-0.2, -0.15) is 0 Å². The number of fused-ring (bicyclic) bond motifs is 1. The summed E-state index contributed by atoms with van der Waals surface area (Å²) in [6.45, 7) is 4.37. The maximum absolute atomic E-state index is 11.8. The van der Waals surface area contributed by atoms with E-state index in [1.165, 1.54) is 17.7 Å². The SMILES string of the molecule is CCOC(=O)c1sc2ncnc(NCCO)c2c1C. The van der Waals surface area contributed by atoms with Crippen LogP contribution < -0.4 is 5.32 Å². The Bertz CT molecular complexity index is 597. The summed E-state index contributed by atoms with van der Waals surface area (Å²) in [7, 11) is 0. The Hall–Kier alpha value is -1.73. The summed E-state index contributed by atoms with van der Waals surface area (Å²) in [6, 6.07) is 0. The quantitative estimate of drug-likeness (QED) is 0.809. The van der Waals surface area contributed by atoms with E-state index in [-0.39, 0.29) is 12.6 Å². The number of carbonyl (C=O) groups excluding carboxylic acids is 1. The van der Waals surface area contributed by atoms with Crippen LogP contribution in [-0.4, -0.2) is 40.8 Å². The van der Waals surface area contributed by atoms with Crippen LogP contribution in [0.4, 0.5) is 5.82 Å². The predicted octanol–water partition coefficient (Wildman–Crippen LogP) is 1.58. The van der Waals surface area contributed by atoms with Gasteiger partial charge in [-0.3, -0.25) is 0 Å². The number of aryl methyl sites for hydroxylation is 1. The standard InChI is InChI=1S/C12H15N3O3S/c1-3-18-12(17)9-7(2)8-10(13-4-5-16)14-6-15-11(8)19-9/h6,16H,3-5H2,1-2H3,(H,13,14,15). The molecular weight excluding hydrogens is 266 g/mol. The minimum atomic E-state index is -0.337. The van der Waals surface area contributed by atoms with Gasteiger partial charge in [-0.1, -0.05) is 0 Å². The van der Waals surface area contributed by atoms with Crippen molar-refractivity contribution in [2.24, 2.45) is 0 Å². The summed E-state index contributed by atoms with van der Waals surface area (Å²) >= 11 is 1.29. The van der Waals surface area contributed by atoms with E-state index in [2.05, 4.69) is 15.3 Å². The number of nitrogens with one attached hydrogen (secondary N) is 1. The maximum atomic E-state index is 11.8. The van der Waals surface area contributed by atoms with E-state index >= 15 is 0 Å². The Labute approximate surface area is 114 Å². The molecule has 102 valence electrons. The third kappa shape index (κ3) is 2.66. The number of thiophene rings is 1. The number of nitrogens with zero attached hydrogens (tertiary/aromatic N) is 2. The van der Waals surface area contributed by atoms with Crippen LogP contribution in [0, 0.1) is 6.92 Å². The van der Waals surface area contributed by atoms with Gasteiger partial charge in [0.15, 0.2) is 0 Å². The maximum Gasteiger partial charge on any atom is 0.348 e. The lowest BCUT2D eigenvalue weighted by atomic mass is 10.2. The third-order valence-corrected chi connectivity index (χ3v) is 3.77. The number of hydrogen-bond donors (Lipinski definition) is 2. The first-order valence-corrected chi connectivity index (χ1v) is 6.76. The Balaban J connectivity index is 2.48. The van der Waals surface area contributed by atoms with E-state index in [0.29, 0.717) is 23.8 Å². The largest absolute Gasteiger partial charge is 0.462 e. The van der Waals surface area contributed by atoms with Crippen LogP contribution in [0.15, 0.2) is 6.33 Å². The van der Waals surface area contributed by atoms with Gasteiger partial charge in [-0.15, -0.1) is 11.3 Å². The molecule has 7 heteroatoms. The van der Waals surface area contributed by atoms with Crippen molar-refractivity contribution in [2.45, 2.75) is 13.8 Å². The molecule has 0 fully saturated rings. The van der Waals surface area contributed by atoms with Gasteiger partial charge in [-0.25, -0.2) is 14.8 Å². The van der Waals surface area contributed by atoms with E-state index in [9.17, 15) is 4.79 Å². The number of esters is 1. The fraction of sp³-hybridized carbons (Fsp3) is 0.417. The van der Waals surface area contributed by atoms with Crippen molar-refractivity contribution in [1.82, 2.24) is 9.97 Å². The Morgan fingerprint density at radius 2 is 2.32 bits per heavy atom. The van der Waals surface area contributed by atoms with Crippen LogP contribution in [-0.2, 0) is 4.74 Å². The number of rotatable bonds is 5. The molecule has 0 unspecified atom stereocenters. The monoisotopic (exact) mass is 281 g/mol. The molecular formula is C12H15N3O3S. The minimum absolute atomic E-state index is 0.0133. The highest BCUT2D eigenvalue weighted by atomic mass is 32.1. The second-order valence-electron chi connectivity index (χ2n) is 3.83. The molecule has 0 saturated carbocycles. The van der Waals surface area contributed by atoms with Crippen LogP contribution >= 0.6 is 11.3 Å². The Morgan fingerprint density at radius 3 is 3.00 bits per heavy atom. The van der Waals surface area contributed by atoms with Crippen LogP contribution in [0.25, 0.3) is 10.2 Å². The topological polar surface area (TPSA) is 84.3 Å². The summed E-state index contributed by atoms with van der Waals surface area (Å²) in [5, 5.41) is 12.7. The van der Waals surface area contributed by atoms with Gasteiger partial charge in [0, 0.05) is 6.54 Å². The molecule has 0 spiro atoms. The lowest BCUT2D eigenvalue weighted by Gasteiger charge is -2.05. The zero-order valence-corrected chi connectivity index (χ0v) is 11.6. The molecule has 0 radical (unpaired) electrons. The molecule has 0 atom stereocenters. The first-order valence-electron chi connectivity index (χ1n) is 5.95. The first-order chi connectivity index (χ1) is 9.19. The number of aromatic nitrogens is 2. The summed E-state index contributed by atoms with van der Waals surface area (Å²) in [4.78, 5) is 21.4. The van der Waals surface area contributed by atoms with E-state index in [0.717, 1.165) is 15.8 Å². The highest BCUT2D eigenvalue weighted by Gasteiger charge is 2.19. The molecule has 2 aromatic rings. The van der Waals surface area contributed by atoms with Crippen molar-refractivity contribution in [1.29, 1.82) is 0 Å².